The molecular formula is C12H26N2O2. The summed E-state index contributed by atoms with van der Waals surface area (Å²) in [7, 11) is 1.61. The van der Waals surface area contributed by atoms with E-state index in [1.807, 2.05) is 0 Å². The fourth-order valence-electron chi connectivity index (χ4n) is 1.75. The Hall–Kier alpha value is -0.610. The van der Waals surface area contributed by atoms with E-state index < -0.39 is 6.04 Å². The first-order chi connectivity index (χ1) is 7.55. The van der Waals surface area contributed by atoms with Crippen LogP contribution in [0.2, 0.25) is 0 Å². The van der Waals surface area contributed by atoms with E-state index in [0.29, 0.717) is 13.0 Å². The normalized spacial score (nSPS) is 13.6. The first-order valence-corrected chi connectivity index (χ1v) is 6.11. The van der Waals surface area contributed by atoms with Crippen molar-refractivity contribution in [1.82, 2.24) is 5.32 Å². The Labute approximate surface area is 98.9 Å². The summed E-state index contributed by atoms with van der Waals surface area (Å²) in [5.74, 6) is -0.0670. The Balaban J connectivity index is 4.28. The number of carbonyl (C=O) groups is 1. The molecule has 0 aliphatic heterocycles. The van der Waals surface area contributed by atoms with Crippen LogP contribution in [-0.4, -0.2) is 31.2 Å². The molecular weight excluding hydrogens is 204 g/mol. The zero-order valence-corrected chi connectivity index (χ0v) is 11.0. The van der Waals surface area contributed by atoms with E-state index in [0.717, 1.165) is 19.3 Å². The Morgan fingerprint density at radius 3 is 2.19 bits per heavy atom. The molecule has 1 amide bonds. The maximum Gasteiger partial charge on any atom is 0.237 e. The molecule has 0 aromatic carbocycles. The summed E-state index contributed by atoms with van der Waals surface area (Å²) in [6.07, 6.45) is 3.36. The molecule has 0 heterocycles. The van der Waals surface area contributed by atoms with Crippen LogP contribution in [0.15, 0.2) is 0 Å². The van der Waals surface area contributed by atoms with Gasteiger partial charge < -0.3 is 15.8 Å². The van der Waals surface area contributed by atoms with Crippen molar-refractivity contribution >= 4 is 5.91 Å². The van der Waals surface area contributed by atoms with E-state index in [-0.39, 0.29) is 11.4 Å². The Morgan fingerprint density at radius 1 is 1.31 bits per heavy atom. The van der Waals surface area contributed by atoms with Gasteiger partial charge in [-0.05, 0) is 25.7 Å². The summed E-state index contributed by atoms with van der Waals surface area (Å²) < 4.78 is 4.91. The number of ether oxygens (including phenoxy) is 1. The molecule has 1 unspecified atom stereocenters. The zero-order chi connectivity index (χ0) is 12.6. The van der Waals surface area contributed by atoms with Crippen LogP contribution in [0.3, 0.4) is 0 Å². The molecule has 4 heteroatoms. The molecule has 0 aliphatic carbocycles. The van der Waals surface area contributed by atoms with Crippen LogP contribution in [0.4, 0.5) is 0 Å². The van der Waals surface area contributed by atoms with Gasteiger partial charge in [0.25, 0.3) is 0 Å². The smallest absolute Gasteiger partial charge is 0.237 e. The van der Waals surface area contributed by atoms with E-state index in [1.54, 1.807) is 7.11 Å². The molecule has 0 spiro atoms. The van der Waals surface area contributed by atoms with Gasteiger partial charge in [0.15, 0.2) is 0 Å². The molecule has 1 atom stereocenters. The molecule has 0 saturated carbocycles. The SMILES string of the molecule is CCC(CC)(CC)NC(=O)C(N)CCOC. The fourth-order valence-corrected chi connectivity index (χ4v) is 1.75. The number of carbonyl (C=O) groups excluding carboxylic acids is 1. The largest absolute Gasteiger partial charge is 0.385 e. The van der Waals surface area contributed by atoms with E-state index in [1.165, 1.54) is 0 Å². The number of hydrogen-bond acceptors (Lipinski definition) is 3. The molecule has 0 radical (unpaired) electrons. The molecule has 0 fully saturated rings. The maximum atomic E-state index is 11.8. The lowest BCUT2D eigenvalue weighted by Gasteiger charge is -2.33. The second-order valence-electron chi connectivity index (χ2n) is 4.22. The summed E-state index contributed by atoms with van der Waals surface area (Å²) in [5, 5.41) is 3.07. The van der Waals surface area contributed by atoms with Gasteiger partial charge in [0.1, 0.15) is 0 Å². The molecule has 4 nitrogen and oxygen atoms in total. The molecule has 0 bridgehead atoms. The summed E-state index contributed by atoms with van der Waals surface area (Å²) >= 11 is 0. The summed E-state index contributed by atoms with van der Waals surface area (Å²) in [5.41, 5.74) is 5.69. The highest BCUT2D eigenvalue weighted by atomic mass is 16.5. The maximum absolute atomic E-state index is 11.8. The minimum atomic E-state index is -0.469. The topological polar surface area (TPSA) is 64.4 Å². The summed E-state index contributed by atoms with van der Waals surface area (Å²) in [6.45, 7) is 6.79. The first-order valence-electron chi connectivity index (χ1n) is 6.11. The third kappa shape index (κ3) is 4.49. The number of amides is 1. The molecule has 0 rings (SSSR count). The standard InChI is InChI=1S/C12H26N2O2/c1-5-12(6-2,7-3)14-11(15)10(13)8-9-16-4/h10H,5-9,13H2,1-4H3,(H,14,15). The van der Waals surface area contributed by atoms with Crippen molar-refractivity contribution in [3.05, 3.63) is 0 Å². The second-order valence-corrected chi connectivity index (χ2v) is 4.22. The number of rotatable bonds is 8. The lowest BCUT2D eigenvalue weighted by Crippen LogP contribution is -2.53. The van der Waals surface area contributed by atoms with Crippen LogP contribution in [-0.2, 0) is 9.53 Å². The third-order valence-corrected chi connectivity index (χ3v) is 3.39. The van der Waals surface area contributed by atoms with Crippen LogP contribution < -0.4 is 11.1 Å². The lowest BCUT2D eigenvalue weighted by molar-refractivity contribution is -0.124. The van der Waals surface area contributed by atoms with Crippen molar-refractivity contribution in [3.63, 3.8) is 0 Å². The van der Waals surface area contributed by atoms with Crippen molar-refractivity contribution in [2.75, 3.05) is 13.7 Å². The molecule has 0 aromatic rings. The Bertz CT molecular complexity index is 195. The highest BCUT2D eigenvalue weighted by Gasteiger charge is 2.27. The molecule has 16 heavy (non-hydrogen) atoms. The van der Waals surface area contributed by atoms with Crippen LogP contribution in [0.5, 0.6) is 0 Å². The van der Waals surface area contributed by atoms with Crippen LogP contribution in [0, 0.1) is 0 Å². The summed E-state index contributed by atoms with van der Waals surface area (Å²) in [4.78, 5) is 11.8. The number of methoxy groups -OCH3 is 1. The first kappa shape index (κ1) is 15.4. The van der Waals surface area contributed by atoms with Crippen molar-refractivity contribution in [1.29, 1.82) is 0 Å². The molecule has 0 aliphatic rings. The predicted octanol–water partition coefficient (Wildman–Crippen LogP) is 1.44. The van der Waals surface area contributed by atoms with Crippen molar-refractivity contribution in [2.45, 2.75) is 58.0 Å². The second kappa shape index (κ2) is 7.63. The summed E-state index contributed by atoms with van der Waals surface area (Å²) in [6, 6.07) is -0.469. The predicted molar refractivity (Wildman–Crippen MR) is 66.2 cm³/mol. The van der Waals surface area contributed by atoms with Crippen LogP contribution >= 0.6 is 0 Å². The third-order valence-electron chi connectivity index (χ3n) is 3.39. The highest BCUT2D eigenvalue weighted by Crippen LogP contribution is 2.19. The van der Waals surface area contributed by atoms with Gasteiger partial charge in [-0.3, -0.25) is 4.79 Å². The van der Waals surface area contributed by atoms with Crippen molar-refractivity contribution in [3.8, 4) is 0 Å². The molecule has 0 aromatic heterocycles. The molecule has 3 N–H and O–H groups in total. The quantitative estimate of drug-likeness (QED) is 0.663. The van der Waals surface area contributed by atoms with Gasteiger partial charge in [-0.15, -0.1) is 0 Å². The monoisotopic (exact) mass is 230 g/mol. The molecule has 96 valence electrons. The minimum absolute atomic E-state index is 0.0670. The van der Waals surface area contributed by atoms with Crippen molar-refractivity contribution < 1.29 is 9.53 Å². The fraction of sp³-hybridized carbons (Fsp3) is 0.917. The number of nitrogens with two attached hydrogens (primary N) is 1. The average Bonchev–Trinajstić information content (AvgIpc) is 2.32. The van der Waals surface area contributed by atoms with E-state index in [4.69, 9.17) is 10.5 Å². The number of nitrogens with one attached hydrogen (secondary N) is 1. The highest BCUT2D eigenvalue weighted by molar-refractivity contribution is 5.82. The van der Waals surface area contributed by atoms with E-state index in [9.17, 15) is 4.79 Å². The van der Waals surface area contributed by atoms with E-state index >= 15 is 0 Å². The van der Waals surface area contributed by atoms with Crippen LogP contribution in [0.25, 0.3) is 0 Å². The van der Waals surface area contributed by atoms with Crippen molar-refractivity contribution in [2.24, 2.45) is 5.73 Å². The van der Waals surface area contributed by atoms with Gasteiger partial charge in [-0.2, -0.15) is 0 Å². The van der Waals surface area contributed by atoms with Gasteiger partial charge in [-0.25, -0.2) is 0 Å². The van der Waals surface area contributed by atoms with E-state index in [2.05, 4.69) is 26.1 Å². The van der Waals surface area contributed by atoms with Gasteiger partial charge in [-0.1, -0.05) is 20.8 Å². The Kier molecular flexibility index (Phi) is 7.34. The van der Waals surface area contributed by atoms with Gasteiger partial charge in [0.05, 0.1) is 6.04 Å². The van der Waals surface area contributed by atoms with Gasteiger partial charge in [0, 0.05) is 19.3 Å². The number of hydrogen-bond donors (Lipinski definition) is 2. The molecule has 0 saturated heterocycles. The average molecular weight is 230 g/mol. The minimum Gasteiger partial charge on any atom is -0.385 e. The Morgan fingerprint density at radius 2 is 1.81 bits per heavy atom. The lowest BCUT2D eigenvalue weighted by atomic mass is 9.89. The van der Waals surface area contributed by atoms with Crippen LogP contribution in [0.1, 0.15) is 46.5 Å². The van der Waals surface area contributed by atoms with Gasteiger partial charge in [0.2, 0.25) is 5.91 Å². The van der Waals surface area contributed by atoms with Gasteiger partial charge >= 0.3 is 0 Å². The zero-order valence-electron chi connectivity index (χ0n) is 11.0.